The summed E-state index contributed by atoms with van der Waals surface area (Å²) in [5, 5.41) is 23.2. The lowest BCUT2D eigenvalue weighted by Crippen LogP contribution is -2.30. The fourth-order valence-corrected chi connectivity index (χ4v) is 4.13. The zero-order valence-electron chi connectivity index (χ0n) is 17.6. The van der Waals surface area contributed by atoms with E-state index in [1.807, 2.05) is 24.3 Å². The van der Waals surface area contributed by atoms with Crippen LogP contribution in [-0.2, 0) is 4.74 Å². The van der Waals surface area contributed by atoms with Gasteiger partial charge in [0.25, 0.3) is 0 Å². The molecular weight excluding hydrogens is 402 g/mol. The van der Waals surface area contributed by atoms with Gasteiger partial charge in [-0.25, -0.2) is 4.79 Å². The number of ether oxygens (including phenoxy) is 1. The first-order valence-electron chi connectivity index (χ1n) is 10.6. The largest absolute Gasteiger partial charge is 0.449 e. The second kappa shape index (κ2) is 9.69. The standard InChI is InChI=1S/C27H25NO4/c1-2-18-11-13-19(14-12-18)26(30)25(29)15-16-28-27(31)32-17-24-22-9-5-3-7-20(22)21-8-4-6-10-23(21)24/h1,3-14,24-26,29-30H,15-17H2,(H,28,31). The van der Waals surface area contributed by atoms with Crippen molar-refractivity contribution < 1.29 is 19.7 Å². The summed E-state index contributed by atoms with van der Waals surface area (Å²) in [5.41, 5.74) is 5.91. The van der Waals surface area contributed by atoms with E-state index in [2.05, 4.69) is 35.5 Å². The highest BCUT2D eigenvalue weighted by molar-refractivity contribution is 5.79. The lowest BCUT2D eigenvalue weighted by Gasteiger charge is -2.19. The van der Waals surface area contributed by atoms with Gasteiger partial charge in [0.2, 0.25) is 0 Å². The number of rotatable bonds is 7. The number of carbonyl (C=O) groups is 1. The third kappa shape index (κ3) is 4.52. The minimum absolute atomic E-state index is 0.00783. The fourth-order valence-electron chi connectivity index (χ4n) is 4.13. The maximum absolute atomic E-state index is 12.2. The predicted octanol–water partition coefficient (Wildman–Crippen LogP) is 3.99. The first-order valence-corrected chi connectivity index (χ1v) is 10.6. The number of carbonyl (C=O) groups excluding carboxylic acids is 1. The van der Waals surface area contributed by atoms with Crippen LogP contribution in [0.25, 0.3) is 11.1 Å². The van der Waals surface area contributed by atoms with Crippen LogP contribution < -0.4 is 5.32 Å². The first kappa shape index (κ1) is 21.6. The molecule has 1 aliphatic carbocycles. The molecule has 0 heterocycles. The molecule has 0 aliphatic heterocycles. The van der Waals surface area contributed by atoms with E-state index in [0.29, 0.717) is 11.1 Å². The van der Waals surface area contributed by atoms with Crippen LogP contribution in [0, 0.1) is 12.3 Å². The quantitative estimate of drug-likeness (QED) is 0.498. The molecule has 1 amide bonds. The van der Waals surface area contributed by atoms with E-state index in [1.54, 1.807) is 24.3 Å². The molecule has 2 unspecified atom stereocenters. The van der Waals surface area contributed by atoms with Crippen molar-refractivity contribution in [2.45, 2.75) is 24.5 Å². The molecule has 3 aromatic carbocycles. The summed E-state index contributed by atoms with van der Waals surface area (Å²) in [6, 6.07) is 23.1. The highest BCUT2D eigenvalue weighted by Crippen LogP contribution is 2.44. The number of terminal acetylenes is 1. The zero-order valence-corrected chi connectivity index (χ0v) is 17.6. The number of aliphatic hydroxyl groups is 2. The Morgan fingerprint density at radius 1 is 0.969 bits per heavy atom. The van der Waals surface area contributed by atoms with Crippen LogP contribution in [0.2, 0.25) is 0 Å². The summed E-state index contributed by atoms with van der Waals surface area (Å²) in [7, 11) is 0. The average molecular weight is 428 g/mol. The van der Waals surface area contributed by atoms with Gasteiger partial charge in [-0.1, -0.05) is 66.6 Å². The van der Waals surface area contributed by atoms with Crippen molar-refractivity contribution in [1.82, 2.24) is 5.32 Å². The number of hydrogen-bond donors (Lipinski definition) is 3. The first-order chi connectivity index (χ1) is 15.6. The van der Waals surface area contributed by atoms with Crippen LogP contribution in [0.3, 0.4) is 0 Å². The van der Waals surface area contributed by atoms with Crippen molar-refractivity contribution in [3.05, 3.63) is 95.1 Å². The second-order valence-electron chi connectivity index (χ2n) is 7.82. The second-order valence-corrected chi connectivity index (χ2v) is 7.82. The molecule has 0 spiro atoms. The zero-order chi connectivity index (χ0) is 22.5. The Morgan fingerprint density at radius 2 is 1.56 bits per heavy atom. The van der Waals surface area contributed by atoms with E-state index >= 15 is 0 Å². The van der Waals surface area contributed by atoms with Crippen LogP contribution in [0.4, 0.5) is 4.79 Å². The van der Waals surface area contributed by atoms with Crippen molar-refractivity contribution in [2.24, 2.45) is 0 Å². The maximum Gasteiger partial charge on any atom is 0.407 e. The number of hydrogen-bond acceptors (Lipinski definition) is 4. The third-order valence-corrected chi connectivity index (χ3v) is 5.84. The molecule has 2 atom stereocenters. The molecule has 3 aromatic rings. The SMILES string of the molecule is C#Cc1ccc(C(O)C(O)CCNC(=O)OCC2c3ccccc3-c3ccccc32)cc1. The summed E-state index contributed by atoms with van der Waals surface area (Å²) in [5.74, 6) is 2.50. The van der Waals surface area contributed by atoms with Crippen LogP contribution in [0.15, 0.2) is 72.8 Å². The lowest BCUT2D eigenvalue weighted by molar-refractivity contribution is 0.0136. The number of aliphatic hydroxyl groups excluding tert-OH is 2. The topological polar surface area (TPSA) is 78.8 Å². The Balaban J connectivity index is 1.27. The molecule has 5 heteroatoms. The molecule has 0 bridgehead atoms. The number of alkyl carbamates (subject to hydrolysis) is 1. The normalized spacial score (nSPS) is 14.0. The van der Waals surface area contributed by atoms with E-state index in [0.717, 1.165) is 11.1 Å². The minimum Gasteiger partial charge on any atom is -0.449 e. The van der Waals surface area contributed by atoms with Gasteiger partial charge >= 0.3 is 6.09 Å². The molecule has 3 N–H and O–H groups in total. The van der Waals surface area contributed by atoms with Gasteiger partial charge in [-0.2, -0.15) is 0 Å². The van der Waals surface area contributed by atoms with E-state index < -0.39 is 18.3 Å². The summed E-state index contributed by atoms with van der Waals surface area (Å²) in [6.07, 6.45) is 2.87. The van der Waals surface area contributed by atoms with E-state index in [-0.39, 0.29) is 25.5 Å². The Hall–Kier alpha value is -3.59. The van der Waals surface area contributed by atoms with Crippen molar-refractivity contribution in [2.75, 3.05) is 13.2 Å². The van der Waals surface area contributed by atoms with Gasteiger partial charge in [-0.15, -0.1) is 6.42 Å². The predicted molar refractivity (Wildman–Crippen MR) is 123 cm³/mol. The molecule has 4 rings (SSSR count). The minimum atomic E-state index is -1.06. The third-order valence-electron chi connectivity index (χ3n) is 5.84. The van der Waals surface area contributed by atoms with Crippen LogP contribution in [-0.4, -0.2) is 35.6 Å². The number of benzene rings is 3. The lowest BCUT2D eigenvalue weighted by atomic mass is 9.98. The molecule has 0 saturated carbocycles. The van der Waals surface area contributed by atoms with E-state index in [1.165, 1.54) is 11.1 Å². The van der Waals surface area contributed by atoms with Gasteiger partial charge in [0, 0.05) is 18.0 Å². The van der Waals surface area contributed by atoms with Crippen LogP contribution >= 0.6 is 0 Å². The van der Waals surface area contributed by atoms with Crippen molar-refractivity contribution >= 4 is 6.09 Å². The van der Waals surface area contributed by atoms with Gasteiger partial charge in [0.15, 0.2) is 0 Å². The van der Waals surface area contributed by atoms with Gasteiger partial charge < -0.3 is 20.3 Å². The molecule has 0 saturated heterocycles. The number of fused-ring (bicyclic) bond motifs is 3. The van der Waals surface area contributed by atoms with Crippen molar-refractivity contribution in [1.29, 1.82) is 0 Å². The monoisotopic (exact) mass is 427 g/mol. The fraction of sp³-hybridized carbons (Fsp3) is 0.222. The highest BCUT2D eigenvalue weighted by Gasteiger charge is 2.29. The highest BCUT2D eigenvalue weighted by atomic mass is 16.5. The molecular formula is C27H25NO4. The summed E-state index contributed by atoms with van der Waals surface area (Å²) < 4.78 is 5.48. The number of amides is 1. The molecule has 0 radical (unpaired) electrons. The molecule has 32 heavy (non-hydrogen) atoms. The van der Waals surface area contributed by atoms with Crippen molar-refractivity contribution in [3.63, 3.8) is 0 Å². The number of nitrogens with one attached hydrogen (secondary N) is 1. The molecule has 162 valence electrons. The maximum atomic E-state index is 12.2. The Kier molecular flexibility index (Phi) is 6.55. The average Bonchev–Trinajstić information content (AvgIpc) is 3.16. The van der Waals surface area contributed by atoms with Crippen LogP contribution in [0.5, 0.6) is 0 Å². The van der Waals surface area contributed by atoms with E-state index in [4.69, 9.17) is 11.2 Å². The molecule has 0 aromatic heterocycles. The summed E-state index contributed by atoms with van der Waals surface area (Å²) in [6.45, 7) is 0.407. The van der Waals surface area contributed by atoms with Gasteiger partial charge in [-0.05, 0) is 46.4 Å². The van der Waals surface area contributed by atoms with Gasteiger partial charge in [0.05, 0.1) is 6.10 Å². The summed E-state index contributed by atoms with van der Waals surface area (Å²) in [4.78, 5) is 12.2. The Bertz CT molecular complexity index is 1090. The smallest absolute Gasteiger partial charge is 0.407 e. The Morgan fingerprint density at radius 3 is 2.16 bits per heavy atom. The van der Waals surface area contributed by atoms with E-state index in [9.17, 15) is 15.0 Å². The molecule has 5 nitrogen and oxygen atoms in total. The molecule has 1 aliphatic rings. The van der Waals surface area contributed by atoms with Crippen molar-refractivity contribution in [3.8, 4) is 23.5 Å². The summed E-state index contributed by atoms with van der Waals surface area (Å²) >= 11 is 0. The molecule has 0 fully saturated rings. The Labute approximate surface area is 187 Å². The van der Waals surface area contributed by atoms with Crippen LogP contribution in [0.1, 0.15) is 40.7 Å². The van der Waals surface area contributed by atoms with Gasteiger partial charge in [0.1, 0.15) is 12.7 Å². The van der Waals surface area contributed by atoms with Gasteiger partial charge in [-0.3, -0.25) is 0 Å².